The van der Waals surface area contributed by atoms with Crippen molar-refractivity contribution < 1.29 is 4.79 Å². The number of aliphatic imine (C=N–C) groups is 1. The highest BCUT2D eigenvalue weighted by molar-refractivity contribution is 5.79. The van der Waals surface area contributed by atoms with Crippen LogP contribution in [0, 0.1) is 5.92 Å². The summed E-state index contributed by atoms with van der Waals surface area (Å²) in [6.07, 6.45) is 4.64. The van der Waals surface area contributed by atoms with Gasteiger partial charge >= 0.3 is 0 Å². The van der Waals surface area contributed by atoms with Crippen LogP contribution in [-0.4, -0.2) is 68.0 Å². The lowest BCUT2D eigenvalue weighted by molar-refractivity contribution is -0.137. The van der Waals surface area contributed by atoms with Crippen molar-refractivity contribution in [2.75, 3.05) is 46.3 Å². The number of benzene rings is 1. The molecule has 2 aliphatic rings. The Labute approximate surface area is 163 Å². The van der Waals surface area contributed by atoms with Gasteiger partial charge in [-0.05, 0) is 18.4 Å². The Morgan fingerprint density at radius 2 is 1.78 bits per heavy atom. The zero-order valence-corrected chi connectivity index (χ0v) is 16.5. The van der Waals surface area contributed by atoms with E-state index in [-0.39, 0.29) is 0 Å². The van der Waals surface area contributed by atoms with Crippen molar-refractivity contribution in [1.82, 2.24) is 20.4 Å². The molecule has 148 valence electrons. The van der Waals surface area contributed by atoms with E-state index < -0.39 is 0 Å². The van der Waals surface area contributed by atoms with Crippen molar-refractivity contribution >= 4 is 11.9 Å². The Morgan fingerprint density at radius 3 is 2.44 bits per heavy atom. The zero-order chi connectivity index (χ0) is 18.9. The van der Waals surface area contributed by atoms with Gasteiger partial charge in [-0.1, -0.05) is 43.2 Å². The first-order valence-corrected chi connectivity index (χ1v) is 10.3. The van der Waals surface area contributed by atoms with Crippen LogP contribution in [0.3, 0.4) is 0 Å². The van der Waals surface area contributed by atoms with Crippen molar-refractivity contribution in [2.45, 2.75) is 32.2 Å². The minimum atomic E-state index is 0.303. The molecule has 1 saturated carbocycles. The van der Waals surface area contributed by atoms with Crippen molar-refractivity contribution in [3.8, 4) is 0 Å². The molecule has 0 bridgehead atoms. The van der Waals surface area contributed by atoms with Crippen LogP contribution in [0.1, 0.15) is 31.2 Å². The molecule has 2 fully saturated rings. The average Bonchev–Trinajstić information content (AvgIpc) is 3.26. The lowest BCUT2D eigenvalue weighted by Gasteiger charge is -2.36. The molecule has 1 saturated heterocycles. The summed E-state index contributed by atoms with van der Waals surface area (Å²) in [4.78, 5) is 21.3. The average molecular weight is 372 g/mol. The monoisotopic (exact) mass is 371 g/mol. The number of carbonyl (C=O) groups is 1. The van der Waals surface area contributed by atoms with Crippen LogP contribution < -0.4 is 10.6 Å². The lowest BCUT2D eigenvalue weighted by Crippen LogP contribution is -2.51. The highest BCUT2D eigenvalue weighted by atomic mass is 16.2. The Kier molecular flexibility index (Phi) is 7.51. The van der Waals surface area contributed by atoms with Crippen LogP contribution in [0.4, 0.5) is 0 Å². The van der Waals surface area contributed by atoms with Gasteiger partial charge in [0.15, 0.2) is 5.96 Å². The number of rotatable bonds is 6. The maximum absolute atomic E-state index is 12.5. The number of guanidine groups is 1. The Bertz CT molecular complexity index is 604. The number of nitrogens with zero attached hydrogens (tertiary/aromatic N) is 3. The van der Waals surface area contributed by atoms with E-state index in [0.717, 1.165) is 64.6 Å². The second-order valence-electron chi connectivity index (χ2n) is 7.49. The molecule has 6 heteroatoms. The van der Waals surface area contributed by atoms with Gasteiger partial charge in [-0.3, -0.25) is 14.7 Å². The molecule has 1 aliphatic carbocycles. The predicted molar refractivity (Wildman–Crippen MR) is 110 cm³/mol. The first kappa shape index (κ1) is 19.7. The van der Waals surface area contributed by atoms with Gasteiger partial charge in [0.2, 0.25) is 5.91 Å². The van der Waals surface area contributed by atoms with E-state index in [1.165, 1.54) is 18.4 Å². The number of hydrogen-bond acceptors (Lipinski definition) is 3. The summed E-state index contributed by atoms with van der Waals surface area (Å²) in [7, 11) is 1.80. The van der Waals surface area contributed by atoms with Crippen molar-refractivity contribution in [1.29, 1.82) is 0 Å². The highest BCUT2D eigenvalue weighted by Crippen LogP contribution is 2.26. The fraction of sp³-hybridized carbons (Fsp3) is 0.619. The van der Waals surface area contributed by atoms with E-state index in [9.17, 15) is 4.79 Å². The lowest BCUT2D eigenvalue weighted by atomic mass is 10.1. The molecule has 0 aromatic heterocycles. The summed E-state index contributed by atoms with van der Waals surface area (Å²) in [6.45, 7) is 6.27. The van der Waals surface area contributed by atoms with Crippen molar-refractivity contribution in [3.05, 3.63) is 35.9 Å². The standard InChI is InChI=1S/C21H33N5O/c1-22-21(24-17-18-7-3-2-4-8-18)23-11-12-25-13-15-26(16-14-25)20(27)19-9-5-6-10-19/h2-4,7-8,19H,5-6,9-17H2,1H3,(H2,22,23,24). The first-order valence-electron chi connectivity index (χ1n) is 10.3. The first-order chi connectivity index (χ1) is 13.3. The Hall–Kier alpha value is -2.08. The second kappa shape index (κ2) is 10.3. The SMILES string of the molecule is CN=C(NCCN1CCN(C(=O)C2CCCC2)CC1)NCc1ccccc1. The maximum atomic E-state index is 12.5. The molecule has 1 aromatic carbocycles. The van der Waals surface area contributed by atoms with E-state index in [1.807, 2.05) is 18.2 Å². The van der Waals surface area contributed by atoms with Crippen LogP contribution in [0.25, 0.3) is 0 Å². The predicted octanol–water partition coefficient (Wildman–Crippen LogP) is 1.69. The fourth-order valence-electron chi connectivity index (χ4n) is 3.96. The second-order valence-corrected chi connectivity index (χ2v) is 7.49. The summed E-state index contributed by atoms with van der Waals surface area (Å²) >= 11 is 0. The van der Waals surface area contributed by atoms with E-state index >= 15 is 0 Å². The number of carbonyl (C=O) groups excluding carboxylic acids is 1. The van der Waals surface area contributed by atoms with Crippen LogP contribution in [0.2, 0.25) is 0 Å². The number of hydrogen-bond donors (Lipinski definition) is 2. The Balaban J connectivity index is 1.31. The Morgan fingerprint density at radius 1 is 1.07 bits per heavy atom. The van der Waals surface area contributed by atoms with Crippen molar-refractivity contribution in [3.63, 3.8) is 0 Å². The van der Waals surface area contributed by atoms with Gasteiger partial charge < -0.3 is 15.5 Å². The summed E-state index contributed by atoms with van der Waals surface area (Å²) < 4.78 is 0. The van der Waals surface area contributed by atoms with Crippen LogP contribution in [-0.2, 0) is 11.3 Å². The number of amides is 1. The molecule has 0 radical (unpaired) electrons. The molecule has 1 aliphatic heterocycles. The molecule has 27 heavy (non-hydrogen) atoms. The van der Waals surface area contributed by atoms with Gasteiger partial charge in [-0.2, -0.15) is 0 Å². The highest BCUT2D eigenvalue weighted by Gasteiger charge is 2.29. The topological polar surface area (TPSA) is 60.0 Å². The zero-order valence-electron chi connectivity index (χ0n) is 16.5. The third-order valence-corrected chi connectivity index (χ3v) is 5.64. The maximum Gasteiger partial charge on any atom is 0.225 e. The molecule has 1 amide bonds. The van der Waals surface area contributed by atoms with E-state index in [0.29, 0.717) is 11.8 Å². The molecule has 0 atom stereocenters. The van der Waals surface area contributed by atoms with Gasteiger partial charge in [-0.25, -0.2) is 0 Å². The van der Waals surface area contributed by atoms with Gasteiger partial charge in [0, 0.05) is 58.8 Å². The van der Waals surface area contributed by atoms with E-state index in [2.05, 4.69) is 37.6 Å². The molecule has 1 aromatic rings. The largest absolute Gasteiger partial charge is 0.355 e. The quantitative estimate of drug-likeness (QED) is 0.590. The molecule has 0 unspecified atom stereocenters. The summed E-state index contributed by atoms with van der Waals surface area (Å²) in [6, 6.07) is 10.3. The minimum absolute atomic E-state index is 0.303. The summed E-state index contributed by atoms with van der Waals surface area (Å²) in [5.41, 5.74) is 1.24. The van der Waals surface area contributed by atoms with Gasteiger partial charge in [0.25, 0.3) is 0 Å². The molecular weight excluding hydrogens is 338 g/mol. The van der Waals surface area contributed by atoms with Crippen LogP contribution >= 0.6 is 0 Å². The van der Waals surface area contributed by atoms with Gasteiger partial charge in [0.05, 0.1) is 0 Å². The third-order valence-electron chi connectivity index (χ3n) is 5.64. The smallest absolute Gasteiger partial charge is 0.225 e. The molecule has 2 N–H and O–H groups in total. The van der Waals surface area contributed by atoms with E-state index in [4.69, 9.17) is 0 Å². The molecule has 6 nitrogen and oxygen atoms in total. The minimum Gasteiger partial charge on any atom is -0.355 e. The normalized spacial score (nSPS) is 19.3. The van der Waals surface area contributed by atoms with Crippen LogP contribution in [0.15, 0.2) is 35.3 Å². The van der Waals surface area contributed by atoms with Crippen LogP contribution in [0.5, 0.6) is 0 Å². The van der Waals surface area contributed by atoms with E-state index in [1.54, 1.807) is 7.05 Å². The number of nitrogens with one attached hydrogen (secondary N) is 2. The number of piperazine rings is 1. The molecule has 1 heterocycles. The fourth-order valence-corrected chi connectivity index (χ4v) is 3.96. The third kappa shape index (κ3) is 5.96. The van der Waals surface area contributed by atoms with Crippen molar-refractivity contribution in [2.24, 2.45) is 10.9 Å². The summed E-state index contributed by atoms with van der Waals surface area (Å²) in [5, 5.41) is 6.73. The molecule has 0 spiro atoms. The molecular formula is C21H33N5O. The summed E-state index contributed by atoms with van der Waals surface area (Å²) in [5.74, 6) is 1.53. The van der Waals surface area contributed by atoms with Gasteiger partial charge in [0.1, 0.15) is 0 Å². The molecule has 3 rings (SSSR count). The van der Waals surface area contributed by atoms with Gasteiger partial charge in [-0.15, -0.1) is 0 Å².